The maximum atomic E-state index is 8.66. The van der Waals surface area contributed by atoms with E-state index < -0.39 is 20.8 Å². The van der Waals surface area contributed by atoms with Crippen molar-refractivity contribution in [3.8, 4) is 44.8 Å². The second-order valence-corrected chi connectivity index (χ2v) is 21.5. The molecule has 5 aromatic carbocycles. The summed E-state index contributed by atoms with van der Waals surface area (Å²) < 4.78 is 38.9. The minimum atomic E-state index is -2.23. The van der Waals surface area contributed by atoms with Crippen LogP contribution in [0.25, 0.3) is 66.7 Å². The fraction of sp³-hybridized carbons (Fsp3) is 0.245. The fourth-order valence-corrected chi connectivity index (χ4v) is 9.71. The first-order chi connectivity index (χ1) is 29.1. The second kappa shape index (κ2) is 17.9. The van der Waals surface area contributed by atoms with Crippen molar-refractivity contribution in [3.63, 3.8) is 0 Å². The number of benzene rings is 5. The summed E-state index contributed by atoms with van der Waals surface area (Å²) >= 11 is 0. The molecule has 0 N–H and O–H groups in total. The molecule has 0 amide bonds. The van der Waals surface area contributed by atoms with Crippen LogP contribution in [0.1, 0.15) is 79.9 Å². The first-order valence-corrected chi connectivity index (χ1v) is 23.7. The number of hydrogen-bond donors (Lipinski definition) is 0. The van der Waals surface area contributed by atoms with Crippen LogP contribution in [0, 0.1) is 19.0 Å². The minimum absolute atomic E-state index is 0. The third-order valence-electron chi connectivity index (χ3n) is 11.2. The number of aromatic nitrogens is 2. The van der Waals surface area contributed by atoms with Crippen LogP contribution in [0.2, 0.25) is 19.6 Å². The first-order valence-electron chi connectivity index (χ1n) is 22.2. The normalized spacial score (nSPS) is 14.7. The Morgan fingerprint density at radius 1 is 0.759 bits per heavy atom. The molecule has 0 saturated heterocycles. The summed E-state index contributed by atoms with van der Waals surface area (Å²) in [5.74, 6) is -0.104. The Morgan fingerprint density at radius 2 is 1.50 bits per heavy atom. The van der Waals surface area contributed by atoms with Crippen LogP contribution in [0.5, 0.6) is 0 Å². The molecule has 5 heteroatoms. The van der Waals surface area contributed by atoms with Crippen molar-refractivity contribution in [1.82, 2.24) is 9.97 Å². The quantitative estimate of drug-likeness (QED) is 0.118. The molecule has 0 aliphatic heterocycles. The topological polar surface area (TPSA) is 38.9 Å². The average Bonchev–Trinajstić information content (AvgIpc) is 3.64. The van der Waals surface area contributed by atoms with Gasteiger partial charge in [-0.05, 0) is 70.1 Å². The van der Waals surface area contributed by atoms with Crippen molar-refractivity contribution in [2.45, 2.75) is 84.3 Å². The molecular weight excluding hydrogens is 901 g/mol. The summed E-state index contributed by atoms with van der Waals surface area (Å²) in [4.78, 5) is 9.39. The van der Waals surface area contributed by atoms with Gasteiger partial charge in [-0.25, -0.2) is 0 Å². The Bertz CT molecular complexity index is 2800. The molecule has 0 atom stereocenters. The van der Waals surface area contributed by atoms with Gasteiger partial charge in [0, 0.05) is 43.4 Å². The van der Waals surface area contributed by atoms with E-state index in [1.807, 2.05) is 80.8 Å². The third-order valence-corrected chi connectivity index (χ3v) is 13.2. The molecule has 3 nitrogen and oxygen atoms in total. The minimum Gasteiger partial charge on any atom is -0.501 e. The van der Waals surface area contributed by atoms with E-state index >= 15 is 0 Å². The molecule has 3 aromatic heterocycles. The van der Waals surface area contributed by atoms with Crippen molar-refractivity contribution < 1.29 is 30.0 Å². The number of fused-ring (bicyclic) bond motifs is 3. The van der Waals surface area contributed by atoms with Crippen molar-refractivity contribution in [1.29, 1.82) is 0 Å². The van der Waals surface area contributed by atoms with Crippen LogP contribution in [0.4, 0.5) is 0 Å². The van der Waals surface area contributed by atoms with Gasteiger partial charge in [-0.15, -0.1) is 47.5 Å². The van der Waals surface area contributed by atoms with Crippen LogP contribution in [-0.2, 0) is 20.1 Å². The van der Waals surface area contributed by atoms with Gasteiger partial charge in [0.2, 0.25) is 0 Å². The van der Waals surface area contributed by atoms with Crippen LogP contribution in [-0.4, -0.2) is 18.0 Å². The number of nitrogens with zero attached hydrogens (tertiary/aromatic N) is 2. The molecular formula is C53H52IrN2OSi-2. The maximum absolute atomic E-state index is 8.66. The monoisotopic (exact) mass is 957 g/mol. The van der Waals surface area contributed by atoms with Crippen LogP contribution >= 0.6 is 0 Å². The number of rotatable bonds is 7. The molecule has 0 bridgehead atoms. The van der Waals surface area contributed by atoms with E-state index in [-0.39, 0.29) is 25.7 Å². The van der Waals surface area contributed by atoms with Crippen molar-refractivity contribution in [2.75, 3.05) is 0 Å². The van der Waals surface area contributed by atoms with Gasteiger partial charge in [0.05, 0.1) is 13.7 Å². The molecule has 3 heterocycles. The van der Waals surface area contributed by atoms with Crippen LogP contribution in [0.3, 0.4) is 0 Å². The SMILES string of the molecule is [2H]C([2H])([2H])c1c[c-]c(-c2cc(C([2H])(C)C)c([Si](C)(C)C)cn2)cc1-c1ccccc1.[Ir].[c-]1ccc2c(oc3cc(-c4ccccc4)ccc32)c1-c1cc(C2CCCCC2)ccn1. The summed E-state index contributed by atoms with van der Waals surface area (Å²) in [5.41, 5.74) is 11.6. The average molecular weight is 957 g/mol. The second-order valence-electron chi connectivity index (χ2n) is 16.5. The number of aryl methyl sites for hydroxylation is 1. The van der Waals surface area contributed by atoms with E-state index in [4.69, 9.17) is 19.9 Å². The number of furan rings is 1. The predicted octanol–water partition coefficient (Wildman–Crippen LogP) is 14.4. The summed E-state index contributed by atoms with van der Waals surface area (Å²) in [6.07, 6.45) is 10.4. The fourth-order valence-electron chi connectivity index (χ4n) is 8.13. The Balaban J connectivity index is 0.000000184. The standard InChI is InChI=1S/C29H24NO.C24H28NSi.Ir/c1-3-8-20(9-4-1)22-14-15-24-25-12-7-13-26(29(25)31-28(24)19-22)27-18-23(16-17-30-27)21-10-5-2-6-11-21;1-17(2)21-15-23(25-16-24(21)26(4,5)6)20-13-12-18(3)22(14-20)19-10-8-7-9-11-19;/h1,3-4,7-9,12,14-19,21H,2,5-6,10-11H2;7-12,14-17H,1-6H3;/q2*-1;/i;3D3,17D;. The van der Waals surface area contributed by atoms with Crippen molar-refractivity contribution in [3.05, 3.63) is 163 Å². The Labute approximate surface area is 365 Å². The molecule has 8 aromatic rings. The Hall–Kier alpha value is -4.93. The van der Waals surface area contributed by atoms with E-state index in [9.17, 15) is 0 Å². The molecule has 295 valence electrons. The van der Waals surface area contributed by atoms with Crippen molar-refractivity contribution >= 4 is 35.2 Å². The zero-order valence-electron chi connectivity index (χ0n) is 38.0. The smallest absolute Gasteiger partial charge is 0.121 e. The van der Waals surface area contributed by atoms with E-state index in [1.165, 1.54) is 48.4 Å². The molecule has 0 spiro atoms. The number of pyridine rings is 2. The van der Waals surface area contributed by atoms with E-state index in [2.05, 4.69) is 92.4 Å². The zero-order valence-corrected chi connectivity index (χ0v) is 37.3. The Morgan fingerprint density at radius 3 is 2.21 bits per heavy atom. The molecule has 0 unspecified atom stereocenters. The van der Waals surface area contributed by atoms with Gasteiger partial charge in [-0.3, -0.25) is 0 Å². The summed E-state index contributed by atoms with van der Waals surface area (Å²) in [7, 11) is -1.68. The number of hydrogen-bond acceptors (Lipinski definition) is 3. The van der Waals surface area contributed by atoms with Crippen LogP contribution < -0.4 is 5.19 Å². The molecule has 1 saturated carbocycles. The summed E-state index contributed by atoms with van der Waals surface area (Å²) in [5, 5.41) is 3.43. The molecule has 1 radical (unpaired) electrons. The van der Waals surface area contributed by atoms with E-state index in [1.54, 1.807) is 6.07 Å². The van der Waals surface area contributed by atoms with Crippen molar-refractivity contribution in [2.24, 2.45) is 0 Å². The summed E-state index contributed by atoms with van der Waals surface area (Å²) in [6.45, 7) is 8.32. The van der Waals surface area contributed by atoms with E-state index in [0.717, 1.165) is 55.4 Å². The van der Waals surface area contributed by atoms with Gasteiger partial charge in [0.25, 0.3) is 0 Å². The first kappa shape index (κ1) is 36.2. The van der Waals surface area contributed by atoms with Gasteiger partial charge in [-0.1, -0.05) is 172 Å². The molecule has 1 aliphatic rings. The van der Waals surface area contributed by atoms with Gasteiger partial charge < -0.3 is 14.4 Å². The largest absolute Gasteiger partial charge is 0.501 e. The Kier molecular flexibility index (Phi) is 11.2. The van der Waals surface area contributed by atoms with Crippen LogP contribution in [0.15, 0.2) is 138 Å². The predicted molar refractivity (Wildman–Crippen MR) is 243 cm³/mol. The van der Waals surface area contributed by atoms with Gasteiger partial charge in [0.15, 0.2) is 0 Å². The third kappa shape index (κ3) is 8.88. The molecule has 1 aliphatic carbocycles. The maximum Gasteiger partial charge on any atom is 0.121 e. The molecule has 1 fully saturated rings. The molecule has 9 rings (SSSR count). The zero-order chi connectivity index (χ0) is 42.9. The van der Waals surface area contributed by atoms with Gasteiger partial charge >= 0.3 is 0 Å². The molecule has 58 heavy (non-hydrogen) atoms. The van der Waals surface area contributed by atoms with Gasteiger partial charge in [-0.2, -0.15) is 0 Å². The van der Waals surface area contributed by atoms with E-state index in [0.29, 0.717) is 17.2 Å². The summed E-state index contributed by atoms with van der Waals surface area (Å²) in [6, 6.07) is 46.9. The van der Waals surface area contributed by atoms with Gasteiger partial charge in [0.1, 0.15) is 5.58 Å².